The summed E-state index contributed by atoms with van der Waals surface area (Å²) in [6, 6.07) is 9.13. The van der Waals surface area contributed by atoms with E-state index in [1.165, 1.54) is 31.4 Å². The highest BCUT2D eigenvalue weighted by Gasteiger charge is 2.12. The van der Waals surface area contributed by atoms with E-state index in [2.05, 4.69) is 23.5 Å². The average Bonchev–Trinajstić information content (AvgIpc) is 2.31. The van der Waals surface area contributed by atoms with Crippen LogP contribution in [0, 0.1) is 0 Å². The summed E-state index contributed by atoms with van der Waals surface area (Å²) in [6.45, 7) is 3.94. The molecule has 2 rings (SSSR count). The van der Waals surface area contributed by atoms with E-state index >= 15 is 0 Å². The maximum Gasteiger partial charge on any atom is 0.119 e. The second-order valence-corrected chi connectivity index (χ2v) is 4.43. The summed E-state index contributed by atoms with van der Waals surface area (Å²) in [6.07, 6.45) is 5.12. The number of hydrogen-bond acceptors (Lipinski definition) is 2. The Hall–Kier alpha value is -1.02. The summed E-state index contributed by atoms with van der Waals surface area (Å²) < 4.78 is 5.52. The molecule has 1 aromatic carbocycles. The molecule has 1 fully saturated rings. The quantitative estimate of drug-likeness (QED) is 0.840. The zero-order valence-electron chi connectivity index (χ0n) is 10.0. The molecule has 2 heteroatoms. The first-order valence-corrected chi connectivity index (χ1v) is 6.33. The number of ether oxygens (including phenoxy) is 1. The average molecular weight is 219 g/mol. The van der Waals surface area contributed by atoms with Gasteiger partial charge in [0.25, 0.3) is 0 Å². The second-order valence-electron chi connectivity index (χ2n) is 4.43. The molecule has 0 aromatic heterocycles. The Morgan fingerprint density at radius 1 is 1.38 bits per heavy atom. The molecule has 1 aromatic rings. The molecule has 1 aliphatic rings. The lowest BCUT2D eigenvalue weighted by Gasteiger charge is -2.23. The molecule has 88 valence electrons. The molecule has 0 bridgehead atoms. The maximum absolute atomic E-state index is 5.52. The van der Waals surface area contributed by atoms with Gasteiger partial charge in [0.1, 0.15) is 5.75 Å². The minimum Gasteiger partial charge on any atom is -0.494 e. The van der Waals surface area contributed by atoms with Crippen LogP contribution in [0.25, 0.3) is 0 Å². The molecule has 0 aliphatic carbocycles. The van der Waals surface area contributed by atoms with Crippen molar-refractivity contribution in [2.75, 3.05) is 13.2 Å². The van der Waals surface area contributed by atoms with Crippen LogP contribution in [-0.4, -0.2) is 19.2 Å². The van der Waals surface area contributed by atoms with Crippen LogP contribution in [-0.2, 0) is 6.42 Å². The van der Waals surface area contributed by atoms with Crippen LogP contribution in [0.5, 0.6) is 5.75 Å². The lowest BCUT2D eigenvalue weighted by atomic mass is 9.98. The van der Waals surface area contributed by atoms with E-state index in [1.807, 2.05) is 13.0 Å². The fourth-order valence-corrected chi connectivity index (χ4v) is 2.31. The molecule has 1 aliphatic heterocycles. The normalized spacial score (nSPS) is 20.7. The van der Waals surface area contributed by atoms with Gasteiger partial charge >= 0.3 is 0 Å². The van der Waals surface area contributed by atoms with Crippen LogP contribution in [0.3, 0.4) is 0 Å². The topological polar surface area (TPSA) is 21.3 Å². The number of hydrogen-bond donors (Lipinski definition) is 1. The molecule has 1 N–H and O–H groups in total. The first-order valence-electron chi connectivity index (χ1n) is 6.33. The van der Waals surface area contributed by atoms with Crippen molar-refractivity contribution in [2.24, 2.45) is 0 Å². The predicted molar refractivity (Wildman–Crippen MR) is 67.0 cm³/mol. The summed E-state index contributed by atoms with van der Waals surface area (Å²) in [7, 11) is 0. The van der Waals surface area contributed by atoms with Gasteiger partial charge in [0, 0.05) is 6.04 Å². The summed E-state index contributed by atoms with van der Waals surface area (Å²) in [4.78, 5) is 0. The van der Waals surface area contributed by atoms with E-state index in [4.69, 9.17) is 4.74 Å². The standard InChI is InChI=1S/C14H21NO/c1-2-16-14-8-5-6-12(11-14)10-13-7-3-4-9-15-13/h5-6,8,11,13,15H,2-4,7,9-10H2,1H3/t13-/m0/s1. The van der Waals surface area contributed by atoms with Crippen LogP contribution < -0.4 is 10.1 Å². The smallest absolute Gasteiger partial charge is 0.119 e. The Labute approximate surface area is 98.0 Å². The second kappa shape index (κ2) is 5.90. The van der Waals surface area contributed by atoms with E-state index in [1.54, 1.807) is 0 Å². The Balaban J connectivity index is 1.94. The van der Waals surface area contributed by atoms with Crippen molar-refractivity contribution < 1.29 is 4.74 Å². The highest BCUT2D eigenvalue weighted by Crippen LogP contribution is 2.17. The SMILES string of the molecule is CCOc1cccc(C[C@@H]2CCCCN2)c1. The zero-order valence-corrected chi connectivity index (χ0v) is 10.0. The van der Waals surface area contributed by atoms with E-state index < -0.39 is 0 Å². The van der Waals surface area contributed by atoms with E-state index in [9.17, 15) is 0 Å². The Bertz CT molecular complexity index is 318. The maximum atomic E-state index is 5.52. The van der Waals surface area contributed by atoms with Gasteiger partial charge in [0.15, 0.2) is 0 Å². The van der Waals surface area contributed by atoms with Crippen LogP contribution in [0.4, 0.5) is 0 Å². The lowest BCUT2D eigenvalue weighted by Crippen LogP contribution is -2.35. The molecule has 0 radical (unpaired) electrons. The molecule has 1 atom stereocenters. The van der Waals surface area contributed by atoms with Gasteiger partial charge in [0.05, 0.1) is 6.61 Å². The van der Waals surface area contributed by atoms with Gasteiger partial charge in [-0.2, -0.15) is 0 Å². The van der Waals surface area contributed by atoms with Gasteiger partial charge < -0.3 is 10.1 Å². The van der Waals surface area contributed by atoms with Crippen molar-refractivity contribution in [1.82, 2.24) is 5.32 Å². The van der Waals surface area contributed by atoms with Crippen molar-refractivity contribution in [1.29, 1.82) is 0 Å². The molecule has 0 unspecified atom stereocenters. The van der Waals surface area contributed by atoms with E-state index in [-0.39, 0.29) is 0 Å². The Kier molecular flexibility index (Phi) is 4.23. The summed E-state index contributed by atoms with van der Waals surface area (Å²) in [5, 5.41) is 3.58. The third kappa shape index (κ3) is 3.24. The first-order chi connectivity index (χ1) is 7.88. The summed E-state index contributed by atoms with van der Waals surface area (Å²) in [5.41, 5.74) is 1.38. The van der Waals surface area contributed by atoms with E-state index in [0.717, 1.165) is 18.8 Å². The van der Waals surface area contributed by atoms with Gasteiger partial charge in [-0.05, 0) is 50.4 Å². The summed E-state index contributed by atoms with van der Waals surface area (Å²) in [5.74, 6) is 0.996. The minimum atomic E-state index is 0.658. The van der Waals surface area contributed by atoms with Gasteiger partial charge in [-0.3, -0.25) is 0 Å². The number of benzene rings is 1. The fourth-order valence-electron chi connectivity index (χ4n) is 2.31. The minimum absolute atomic E-state index is 0.658. The van der Waals surface area contributed by atoms with Gasteiger partial charge in [-0.1, -0.05) is 18.6 Å². The highest BCUT2D eigenvalue weighted by molar-refractivity contribution is 5.29. The molecular weight excluding hydrogens is 198 g/mol. The first kappa shape index (κ1) is 11.5. The molecule has 0 saturated carbocycles. The van der Waals surface area contributed by atoms with Crippen LogP contribution >= 0.6 is 0 Å². The highest BCUT2D eigenvalue weighted by atomic mass is 16.5. The Morgan fingerprint density at radius 2 is 2.31 bits per heavy atom. The summed E-state index contributed by atoms with van der Waals surface area (Å²) >= 11 is 0. The van der Waals surface area contributed by atoms with Crippen LogP contribution in [0.2, 0.25) is 0 Å². The number of rotatable bonds is 4. The number of nitrogens with one attached hydrogen (secondary N) is 1. The molecule has 2 nitrogen and oxygen atoms in total. The monoisotopic (exact) mass is 219 g/mol. The van der Waals surface area contributed by atoms with Crippen LogP contribution in [0.15, 0.2) is 24.3 Å². The van der Waals surface area contributed by atoms with Crippen molar-refractivity contribution >= 4 is 0 Å². The lowest BCUT2D eigenvalue weighted by molar-refractivity contribution is 0.339. The van der Waals surface area contributed by atoms with Crippen molar-refractivity contribution in [2.45, 2.75) is 38.6 Å². The van der Waals surface area contributed by atoms with Gasteiger partial charge in [-0.25, -0.2) is 0 Å². The fraction of sp³-hybridized carbons (Fsp3) is 0.571. The third-order valence-electron chi connectivity index (χ3n) is 3.10. The Morgan fingerprint density at radius 3 is 3.06 bits per heavy atom. The van der Waals surface area contributed by atoms with Crippen LogP contribution in [0.1, 0.15) is 31.7 Å². The predicted octanol–water partition coefficient (Wildman–Crippen LogP) is 2.77. The molecule has 1 heterocycles. The van der Waals surface area contributed by atoms with Crippen molar-refractivity contribution in [3.63, 3.8) is 0 Å². The molecule has 16 heavy (non-hydrogen) atoms. The molecule has 1 saturated heterocycles. The molecule has 0 spiro atoms. The third-order valence-corrected chi connectivity index (χ3v) is 3.10. The largest absolute Gasteiger partial charge is 0.494 e. The van der Waals surface area contributed by atoms with Gasteiger partial charge in [0.2, 0.25) is 0 Å². The van der Waals surface area contributed by atoms with Crippen molar-refractivity contribution in [3.05, 3.63) is 29.8 Å². The molecule has 0 amide bonds. The van der Waals surface area contributed by atoms with E-state index in [0.29, 0.717) is 6.04 Å². The van der Waals surface area contributed by atoms with Gasteiger partial charge in [-0.15, -0.1) is 0 Å². The van der Waals surface area contributed by atoms with Crippen molar-refractivity contribution in [3.8, 4) is 5.75 Å². The number of piperidine rings is 1. The zero-order chi connectivity index (χ0) is 11.2. The molecular formula is C14H21NO.